The van der Waals surface area contributed by atoms with Crippen LogP contribution in [0.3, 0.4) is 0 Å². The van der Waals surface area contributed by atoms with E-state index in [1.165, 1.54) is 0 Å². The highest BCUT2D eigenvalue weighted by molar-refractivity contribution is 5.92. The van der Waals surface area contributed by atoms with E-state index >= 15 is 0 Å². The highest BCUT2D eigenvalue weighted by atomic mass is 16.5. The van der Waals surface area contributed by atoms with Crippen LogP contribution in [0.5, 0.6) is 5.75 Å². The van der Waals surface area contributed by atoms with E-state index in [0.717, 1.165) is 18.0 Å². The molecule has 1 saturated carbocycles. The van der Waals surface area contributed by atoms with Crippen molar-refractivity contribution in [1.29, 1.82) is 0 Å². The molecule has 6 nitrogen and oxygen atoms in total. The third-order valence-electron chi connectivity index (χ3n) is 4.87. The number of nitrogens with zero attached hydrogens (tertiary/aromatic N) is 3. The van der Waals surface area contributed by atoms with Crippen molar-refractivity contribution in [2.24, 2.45) is 0 Å². The van der Waals surface area contributed by atoms with Crippen molar-refractivity contribution < 1.29 is 14.6 Å². The van der Waals surface area contributed by atoms with Crippen LogP contribution in [0.25, 0.3) is 0 Å². The number of ether oxygens (including phenoxy) is 1. The van der Waals surface area contributed by atoms with Gasteiger partial charge in [-0.3, -0.25) is 9.48 Å². The van der Waals surface area contributed by atoms with E-state index < -0.39 is 6.10 Å². The Kier molecular flexibility index (Phi) is 5.08. The molecule has 1 aromatic carbocycles. The van der Waals surface area contributed by atoms with E-state index in [4.69, 9.17) is 4.74 Å². The molecule has 0 aliphatic heterocycles. The number of aliphatic hydroxyl groups excluding tert-OH is 1. The number of carbonyl (C=O) groups excluding carboxylic acids is 1. The van der Waals surface area contributed by atoms with Gasteiger partial charge in [-0.05, 0) is 44.9 Å². The fraction of sp³-hybridized carbons (Fsp3) is 0.474. The molecular weight excluding hydrogens is 318 g/mol. The average Bonchev–Trinajstić information content (AvgIpc) is 3.17. The minimum Gasteiger partial charge on any atom is -0.488 e. The quantitative estimate of drug-likeness (QED) is 0.904. The van der Waals surface area contributed by atoms with Crippen molar-refractivity contribution >= 4 is 5.91 Å². The Labute approximate surface area is 148 Å². The Balaban J connectivity index is 1.68. The molecule has 0 unspecified atom stereocenters. The summed E-state index contributed by atoms with van der Waals surface area (Å²) in [6.45, 7) is 4.65. The van der Waals surface area contributed by atoms with Crippen molar-refractivity contribution in [2.75, 3.05) is 7.05 Å². The molecule has 1 aromatic heterocycles. The first kappa shape index (κ1) is 17.5. The lowest BCUT2D eigenvalue weighted by atomic mass is 10.1. The number of rotatable bonds is 5. The Morgan fingerprint density at radius 2 is 2.08 bits per heavy atom. The van der Waals surface area contributed by atoms with Crippen molar-refractivity contribution in [1.82, 2.24) is 14.7 Å². The number of para-hydroxylation sites is 1. The Hall–Kier alpha value is -2.34. The van der Waals surface area contributed by atoms with Gasteiger partial charge in [0.1, 0.15) is 18.0 Å². The van der Waals surface area contributed by atoms with Crippen LogP contribution in [-0.4, -0.2) is 51.0 Å². The van der Waals surface area contributed by atoms with Gasteiger partial charge in [0.2, 0.25) is 0 Å². The van der Waals surface area contributed by atoms with Gasteiger partial charge >= 0.3 is 0 Å². The molecule has 0 bridgehead atoms. The second kappa shape index (κ2) is 7.27. The van der Waals surface area contributed by atoms with Gasteiger partial charge in [-0.1, -0.05) is 18.2 Å². The zero-order valence-electron chi connectivity index (χ0n) is 14.9. The molecule has 25 heavy (non-hydrogen) atoms. The van der Waals surface area contributed by atoms with Gasteiger partial charge in [0.05, 0.1) is 6.04 Å². The standard InChI is InChI=1S/C19H25N3O3/c1-4-22-13(2)12-15(20-22)19(24)21(3)16-10-11-17(18(16)23)25-14-8-6-5-7-9-14/h5-9,12,16-18,23H,4,10-11H2,1-3H3/t16-,17-,18-/m1/s1. The number of aryl methyl sites for hydroxylation is 2. The van der Waals surface area contributed by atoms with Gasteiger partial charge in [-0.25, -0.2) is 0 Å². The summed E-state index contributed by atoms with van der Waals surface area (Å²) in [6.07, 6.45) is 0.385. The van der Waals surface area contributed by atoms with Crippen LogP contribution in [-0.2, 0) is 6.54 Å². The highest BCUT2D eigenvalue weighted by Crippen LogP contribution is 2.28. The summed E-state index contributed by atoms with van der Waals surface area (Å²) in [6, 6.07) is 11.0. The van der Waals surface area contributed by atoms with Crippen molar-refractivity contribution in [3.05, 3.63) is 47.8 Å². The maximum Gasteiger partial charge on any atom is 0.274 e. The van der Waals surface area contributed by atoms with Gasteiger partial charge in [-0.15, -0.1) is 0 Å². The molecule has 1 heterocycles. The smallest absolute Gasteiger partial charge is 0.274 e. The van der Waals surface area contributed by atoms with Crippen LogP contribution in [0.2, 0.25) is 0 Å². The second-order valence-electron chi connectivity index (χ2n) is 6.51. The number of aromatic nitrogens is 2. The predicted octanol–water partition coefficient (Wildman–Crippen LogP) is 2.25. The number of aliphatic hydroxyl groups is 1. The monoisotopic (exact) mass is 343 g/mol. The zero-order chi connectivity index (χ0) is 18.0. The van der Waals surface area contributed by atoms with E-state index in [9.17, 15) is 9.90 Å². The molecule has 0 spiro atoms. The van der Waals surface area contributed by atoms with Crippen molar-refractivity contribution in [2.45, 2.75) is 51.5 Å². The van der Waals surface area contributed by atoms with Gasteiger partial charge in [0.25, 0.3) is 5.91 Å². The molecule has 3 atom stereocenters. The van der Waals surface area contributed by atoms with Crippen LogP contribution >= 0.6 is 0 Å². The first-order valence-corrected chi connectivity index (χ1v) is 8.72. The SMILES string of the molecule is CCn1nc(C(=O)N(C)[C@@H]2CC[C@@H](Oc3ccccc3)[C@@H]2O)cc1C. The lowest BCUT2D eigenvalue weighted by Crippen LogP contribution is -2.45. The van der Waals surface area contributed by atoms with Gasteiger partial charge < -0.3 is 14.7 Å². The van der Waals surface area contributed by atoms with E-state index in [2.05, 4.69) is 5.10 Å². The number of carbonyl (C=O) groups is 1. The van der Waals surface area contributed by atoms with Crippen LogP contribution < -0.4 is 4.74 Å². The predicted molar refractivity (Wildman–Crippen MR) is 94.6 cm³/mol. The summed E-state index contributed by atoms with van der Waals surface area (Å²) in [5.74, 6) is 0.568. The molecule has 1 aliphatic rings. The Bertz CT molecular complexity index is 729. The number of likely N-dealkylation sites (N-methyl/N-ethyl adjacent to an activating group) is 1. The van der Waals surface area contributed by atoms with Gasteiger partial charge in [0, 0.05) is 19.3 Å². The maximum absolute atomic E-state index is 12.7. The van der Waals surface area contributed by atoms with Gasteiger partial charge in [-0.2, -0.15) is 5.10 Å². The largest absolute Gasteiger partial charge is 0.488 e. The third kappa shape index (κ3) is 3.54. The second-order valence-corrected chi connectivity index (χ2v) is 6.51. The number of benzene rings is 1. The van der Waals surface area contributed by atoms with Crippen LogP contribution in [0, 0.1) is 6.92 Å². The lowest BCUT2D eigenvalue weighted by molar-refractivity contribution is 0.0164. The summed E-state index contributed by atoms with van der Waals surface area (Å²) < 4.78 is 7.69. The maximum atomic E-state index is 12.7. The highest BCUT2D eigenvalue weighted by Gasteiger charge is 2.40. The van der Waals surface area contributed by atoms with E-state index in [0.29, 0.717) is 18.5 Å². The van der Waals surface area contributed by atoms with Crippen LogP contribution in [0.1, 0.15) is 35.9 Å². The molecular formula is C19H25N3O3. The van der Waals surface area contributed by atoms with Crippen LogP contribution in [0.4, 0.5) is 0 Å². The van der Waals surface area contributed by atoms with Crippen molar-refractivity contribution in [3.8, 4) is 5.75 Å². The fourth-order valence-electron chi connectivity index (χ4n) is 3.42. The lowest BCUT2D eigenvalue weighted by Gasteiger charge is -2.28. The zero-order valence-corrected chi connectivity index (χ0v) is 14.9. The normalized spacial score (nSPS) is 22.8. The third-order valence-corrected chi connectivity index (χ3v) is 4.87. The summed E-state index contributed by atoms with van der Waals surface area (Å²) in [4.78, 5) is 14.3. The van der Waals surface area contributed by atoms with Gasteiger partial charge in [0.15, 0.2) is 5.69 Å². The molecule has 134 valence electrons. The molecule has 6 heteroatoms. The average molecular weight is 343 g/mol. The number of hydrogen-bond acceptors (Lipinski definition) is 4. The van der Waals surface area contributed by atoms with E-state index in [1.54, 1.807) is 22.7 Å². The first-order valence-electron chi connectivity index (χ1n) is 8.72. The molecule has 3 rings (SSSR count). The molecule has 1 fully saturated rings. The van der Waals surface area contributed by atoms with E-state index in [-0.39, 0.29) is 18.1 Å². The topological polar surface area (TPSA) is 67.6 Å². The minimum atomic E-state index is -0.719. The minimum absolute atomic E-state index is 0.167. The molecule has 1 amide bonds. The van der Waals surface area contributed by atoms with Crippen molar-refractivity contribution in [3.63, 3.8) is 0 Å². The summed E-state index contributed by atoms with van der Waals surface area (Å²) in [5, 5.41) is 15.0. The molecule has 0 saturated heterocycles. The molecule has 1 N–H and O–H groups in total. The molecule has 2 aromatic rings. The summed E-state index contributed by atoms with van der Waals surface area (Å²) >= 11 is 0. The fourth-order valence-corrected chi connectivity index (χ4v) is 3.42. The number of hydrogen-bond donors (Lipinski definition) is 1. The Morgan fingerprint density at radius 3 is 2.72 bits per heavy atom. The number of amides is 1. The summed E-state index contributed by atoms with van der Waals surface area (Å²) in [7, 11) is 1.72. The molecule has 0 radical (unpaired) electrons. The van der Waals surface area contributed by atoms with Crippen LogP contribution in [0.15, 0.2) is 36.4 Å². The van der Waals surface area contributed by atoms with E-state index in [1.807, 2.05) is 44.2 Å². The Morgan fingerprint density at radius 1 is 1.36 bits per heavy atom. The summed E-state index contributed by atoms with van der Waals surface area (Å²) in [5.41, 5.74) is 1.37. The first-order chi connectivity index (χ1) is 12.0. The molecule has 1 aliphatic carbocycles.